The highest BCUT2D eigenvalue weighted by Gasteiger charge is 2.30. The Morgan fingerprint density at radius 3 is 2.37 bits per heavy atom. The molecule has 1 aliphatic heterocycles. The number of hydrogen-bond acceptors (Lipinski definition) is 1. The lowest BCUT2D eigenvalue weighted by Gasteiger charge is -2.23. The normalized spacial score (nSPS) is 16.4. The van der Waals surface area contributed by atoms with Crippen LogP contribution in [0.3, 0.4) is 0 Å². The molecule has 1 N–H and O–H groups in total. The Morgan fingerprint density at radius 2 is 1.63 bits per heavy atom. The van der Waals surface area contributed by atoms with Crippen LogP contribution in [0.25, 0.3) is 28.0 Å². The summed E-state index contributed by atoms with van der Waals surface area (Å²) in [6.07, 6.45) is 11.2. The van der Waals surface area contributed by atoms with Crippen molar-refractivity contribution in [3.05, 3.63) is 76.6 Å². The SMILES string of the molecule is Cc1ccc(-c2c3c4n(c(-c5ccc(Cl)cc5)cn4c2C(=O)NC2CCCCC2)CCCC3)cc1. The monoisotopic (exact) mass is 485 g/mol. The zero-order valence-electron chi connectivity index (χ0n) is 20.3. The smallest absolute Gasteiger partial charge is 0.269 e. The molecule has 1 amide bonds. The highest BCUT2D eigenvalue weighted by atomic mass is 35.5. The Kier molecular flexibility index (Phi) is 5.93. The summed E-state index contributed by atoms with van der Waals surface area (Å²) in [5.41, 5.74) is 8.96. The highest BCUT2D eigenvalue weighted by Crippen LogP contribution is 2.39. The van der Waals surface area contributed by atoms with Crippen LogP contribution in [-0.4, -0.2) is 20.9 Å². The Hall–Kier alpha value is -2.98. The maximum atomic E-state index is 14.0. The van der Waals surface area contributed by atoms with Gasteiger partial charge in [-0.25, -0.2) is 0 Å². The number of aryl methyl sites for hydroxylation is 3. The van der Waals surface area contributed by atoms with Crippen LogP contribution in [0.2, 0.25) is 5.02 Å². The largest absolute Gasteiger partial charge is 0.348 e. The average molecular weight is 486 g/mol. The van der Waals surface area contributed by atoms with Crippen molar-refractivity contribution in [1.29, 1.82) is 0 Å². The van der Waals surface area contributed by atoms with Crippen molar-refractivity contribution < 1.29 is 4.79 Å². The van der Waals surface area contributed by atoms with Crippen LogP contribution < -0.4 is 5.32 Å². The second kappa shape index (κ2) is 9.23. The third-order valence-corrected chi connectivity index (χ3v) is 8.02. The van der Waals surface area contributed by atoms with Crippen LogP contribution in [-0.2, 0) is 13.0 Å². The van der Waals surface area contributed by atoms with Crippen LogP contribution in [0, 0.1) is 6.92 Å². The number of hydrogen-bond donors (Lipinski definition) is 1. The van der Waals surface area contributed by atoms with E-state index >= 15 is 0 Å². The predicted molar refractivity (Wildman–Crippen MR) is 143 cm³/mol. The first-order valence-corrected chi connectivity index (χ1v) is 13.4. The van der Waals surface area contributed by atoms with Gasteiger partial charge in [0.05, 0.1) is 5.69 Å². The topological polar surface area (TPSA) is 38.4 Å². The van der Waals surface area contributed by atoms with Gasteiger partial charge in [0.2, 0.25) is 0 Å². The summed E-state index contributed by atoms with van der Waals surface area (Å²) in [7, 11) is 0. The molecule has 2 aromatic heterocycles. The van der Waals surface area contributed by atoms with Crippen molar-refractivity contribution in [2.24, 2.45) is 0 Å². The Labute approximate surface area is 211 Å². The second-order valence-corrected chi connectivity index (χ2v) is 10.6. The predicted octanol–water partition coefficient (Wildman–Crippen LogP) is 7.44. The van der Waals surface area contributed by atoms with Gasteiger partial charge < -0.3 is 9.88 Å². The van der Waals surface area contributed by atoms with Gasteiger partial charge in [-0.3, -0.25) is 9.20 Å². The van der Waals surface area contributed by atoms with Crippen molar-refractivity contribution in [2.45, 2.75) is 70.9 Å². The van der Waals surface area contributed by atoms with Crippen LogP contribution in [0.1, 0.15) is 66.6 Å². The molecule has 1 fully saturated rings. The van der Waals surface area contributed by atoms with E-state index in [1.807, 2.05) is 12.1 Å². The zero-order chi connectivity index (χ0) is 23.9. The Morgan fingerprint density at radius 1 is 0.914 bits per heavy atom. The summed E-state index contributed by atoms with van der Waals surface area (Å²) in [6, 6.07) is 17.0. The van der Waals surface area contributed by atoms with E-state index in [1.54, 1.807) is 0 Å². The quantitative estimate of drug-likeness (QED) is 0.320. The van der Waals surface area contributed by atoms with Crippen LogP contribution in [0.15, 0.2) is 54.7 Å². The van der Waals surface area contributed by atoms with E-state index in [0.29, 0.717) is 0 Å². The number of nitrogens with one attached hydrogen (secondary N) is 1. The second-order valence-electron chi connectivity index (χ2n) is 10.2. The van der Waals surface area contributed by atoms with E-state index in [4.69, 9.17) is 11.6 Å². The molecule has 4 nitrogen and oxygen atoms in total. The number of aromatic nitrogens is 2. The number of carbonyl (C=O) groups excluding carboxylic acids is 1. The zero-order valence-corrected chi connectivity index (χ0v) is 21.1. The number of nitrogens with zero attached hydrogens (tertiary/aromatic N) is 2. The third-order valence-electron chi connectivity index (χ3n) is 7.77. The molecule has 1 aliphatic carbocycles. The van der Waals surface area contributed by atoms with E-state index in [1.165, 1.54) is 30.4 Å². The fourth-order valence-corrected chi connectivity index (χ4v) is 6.12. The lowest BCUT2D eigenvalue weighted by atomic mass is 9.94. The van der Waals surface area contributed by atoms with Crippen LogP contribution in [0.5, 0.6) is 0 Å². The van der Waals surface area contributed by atoms with E-state index in [-0.39, 0.29) is 11.9 Å². The molecule has 5 heteroatoms. The summed E-state index contributed by atoms with van der Waals surface area (Å²) < 4.78 is 4.60. The number of halogens is 1. The molecule has 0 radical (unpaired) electrons. The van der Waals surface area contributed by atoms with Crippen LogP contribution >= 0.6 is 11.6 Å². The minimum absolute atomic E-state index is 0.0501. The van der Waals surface area contributed by atoms with Crippen molar-refractivity contribution in [3.8, 4) is 22.4 Å². The van der Waals surface area contributed by atoms with Crippen LogP contribution in [0.4, 0.5) is 0 Å². The molecule has 2 aromatic carbocycles. The standard InChI is InChI=1S/C30H32ClN3O/c1-20-10-12-22(13-11-20)27-25-9-5-6-18-33-26(21-14-16-23(31)17-15-21)19-34(30(25)33)28(27)29(35)32-24-7-3-2-4-8-24/h10-17,19,24H,2-9,18H2,1H3,(H,32,35). The van der Waals surface area contributed by atoms with Gasteiger partial charge >= 0.3 is 0 Å². The van der Waals surface area contributed by atoms with E-state index in [9.17, 15) is 4.79 Å². The molecule has 2 aliphatic rings. The molecule has 0 unspecified atom stereocenters. The molecular formula is C30H32ClN3O. The number of amides is 1. The molecule has 0 bridgehead atoms. The highest BCUT2D eigenvalue weighted by molar-refractivity contribution is 6.30. The molecule has 1 saturated carbocycles. The van der Waals surface area contributed by atoms with Gasteiger partial charge in [-0.2, -0.15) is 0 Å². The molecule has 3 heterocycles. The summed E-state index contributed by atoms with van der Waals surface area (Å²) in [4.78, 5) is 14.0. The van der Waals surface area contributed by atoms with Gasteiger partial charge in [-0.15, -0.1) is 0 Å². The average Bonchev–Trinajstić information content (AvgIpc) is 3.28. The van der Waals surface area contributed by atoms with Gasteiger partial charge in [0, 0.05) is 34.9 Å². The van der Waals surface area contributed by atoms with E-state index in [0.717, 1.165) is 77.4 Å². The maximum absolute atomic E-state index is 14.0. The first-order chi connectivity index (χ1) is 17.1. The molecule has 0 spiro atoms. The maximum Gasteiger partial charge on any atom is 0.269 e. The lowest BCUT2D eigenvalue weighted by molar-refractivity contribution is 0.0922. The number of carbonyl (C=O) groups is 1. The van der Waals surface area contributed by atoms with Gasteiger partial charge in [-0.1, -0.05) is 72.8 Å². The summed E-state index contributed by atoms with van der Waals surface area (Å²) >= 11 is 6.19. The number of imidazole rings is 1. The van der Waals surface area contributed by atoms with Crippen molar-refractivity contribution >= 4 is 23.2 Å². The van der Waals surface area contributed by atoms with Gasteiger partial charge in [0.15, 0.2) is 0 Å². The molecular weight excluding hydrogens is 454 g/mol. The van der Waals surface area contributed by atoms with Gasteiger partial charge in [0.1, 0.15) is 11.3 Å². The molecule has 4 aromatic rings. The van der Waals surface area contributed by atoms with E-state index < -0.39 is 0 Å². The number of rotatable bonds is 4. The Bertz CT molecular complexity index is 1370. The first kappa shape index (κ1) is 22.5. The fourth-order valence-electron chi connectivity index (χ4n) is 5.99. The lowest BCUT2D eigenvalue weighted by Crippen LogP contribution is -2.37. The van der Waals surface area contributed by atoms with Gasteiger partial charge in [-0.05, 0) is 62.3 Å². The summed E-state index contributed by atoms with van der Waals surface area (Å²) in [6.45, 7) is 3.06. The van der Waals surface area contributed by atoms with E-state index in [2.05, 4.69) is 63.8 Å². The van der Waals surface area contributed by atoms with Crippen molar-refractivity contribution in [3.63, 3.8) is 0 Å². The molecule has 35 heavy (non-hydrogen) atoms. The van der Waals surface area contributed by atoms with Crippen molar-refractivity contribution in [2.75, 3.05) is 0 Å². The summed E-state index contributed by atoms with van der Waals surface area (Å²) in [5, 5.41) is 4.15. The minimum atomic E-state index is 0.0501. The van der Waals surface area contributed by atoms with Gasteiger partial charge in [0.25, 0.3) is 5.91 Å². The summed E-state index contributed by atoms with van der Waals surface area (Å²) in [5.74, 6) is 0.0501. The first-order valence-electron chi connectivity index (χ1n) is 13.0. The molecule has 180 valence electrons. The minimum Gasteiger partial charge on any atom is -0.348 e. The Balaban J connectivity index is 1.57. The molecule has 0 saturated heterocycles. The third kappa shape index (κ3) is 4.08. The molecule has 0 atom stereocenters. The fraction of sp³-hybridized carbons (Fsp3) is 0.367. The number of benzene rings is 2. The van der Waals surface area contributed by atoms with Crippen molar-refractivity contribution in [1.82, 2.24) is 14.3 Å². The molecule has 6 rings (SSSR count).